The Morgan fingerprint density at radius 1 is 1.26 bits per heavy atom. The zero-order valence-corrected chi connectivity index (χ0v) is 15.2. The highest BCUT2D eigenvalue weighted by Crippen LogP contribution is 2.22. The van der Waals surface area contributed by atoms with E-state index in [0.29, 0.717) is 24.7 Å². The van der Waals surface area contributed by atoms with Crippen LogP contribution in [0, 0.1) is 11.8 Å². The molecule has 2 heterocycles. The fraction of sp³-hybridized carbons (Fsp3) is 0.238. The molecule has 0 aliphatic heterocycles. The number of aliphatic hydroxyl groups is 1. The monoisotopic (exact) mass is 364 g/mol. The quantitative estimate of drug-likeness (QED) is 0.537. The van der Waals surface area contributed by atoms with Crippen LogP contribution in [0.25, 0.3) is 10.9 Å². The molecule has 2 aromatic heterocycles. The third kappa shape index (κ3) is 5.09. The smallest absolute Gasteiger partial charge is 0.287 e. The van der Waals surface area contributed by atoms with Crippen LogP contribution in [0.15, 0.2) is 53.1 Å². The van der Waals surface area contributed by atoms with Crippen molar-refractivity contribution in [1.29, 1.82) is 0 Å². The number of furan rings is 1. The molecule has 0 spiro atoms. The van der Waals surface area contributed by atoms with E-state index in [9.17, 15) is 9.90 Å². The fourth-order valence-electron chi connectivity index (χ4n) is 2.35. The lowest BCUT2D eigenvalue weighted by Gasteiger charge is -2.09. The van der Waals surface area contributed by atoms with Crippen LogP contribution in [0.3, 0.4) is 0 Å². The standard InChI is InChI=1S/C21H20N2O4/c1-21(2,25)11-10-16-8-9-18(27-16)20(24)23-13-14-26-17-7-3-5-15-6-4-12-22-19(15)17/h3-9,12,25H,13-14H2,1-2H3,(H,23,24). The number of pyridine rings is 1. The highest BCUT2D eigenvalue weighted by molar-refractivity contribution is 5.91. The highest BCUT2D eigenvalue weighted by Gasteiger charge is 2.11. The molecule has 0 aliphatic rings. The Labute approximate surface area is 157 Å². The summed E-state index contributed by atoms with van der Waals surface area (Å²) in [4.78, 5) is 16.4. The first kappa shape index (κ1) is 18.5. The van der Waals surface area contributed by atoms with Crippen LogP contribution in [0.5, 0.6) is 5.75 Å². The van der Waals surface area contributed by atoms with E-state index in [-0.39, 0.29) is 11.7 Å². The molecule has 1 aromatic carbocycles. The average molecular weight is 364 g/mol. The molecule has 2 N–H and O–H groups in total. The van der Waals surface area contributed by atoms with Gasteiger partial charge < -0.3 is 19.6 Å². The first-order valence-electron chi connectivity index (χ1n) is 8.52. The second kappa shape index (κ2) is 7.94. The molecule has 0 unspecified atom stereocenters. The Balaban J connectivity index is 1.52. The summed E-state index contributed by atoms with van der Waals surface area (Å²) >= 11 is 0. The van der Waals surface area contributed by atoms with Crippen molar-refractivity contribution < 1.29 is 19.1 Å². The predicted octanol–water partition coefficient (Wildman–Crippen LogP) is 2.76. The van der Waals surface area contributed by atoms with Gasteiger partial charge in [-0.25, -0.2) is 0 Å². The molecule has 3 rings (SSSR count). The minimum atomic E-state index is -1.12. The van der Waals surface area contributed by atoms with Gasteiger partial charge in [0, 0.05) is 11.6 Å². The molecule has 1 amide bonds. The Hall–Kier alpha value is -3.30. The maximum atomic E-state index is 12.1. The molecule has 0 atom stereocenters. The van der Waals surface area contributed by atoms with Gasteiger partial charge in [0.2, 0.25) is 0 Å². The fourth-order valence-corrected chi connectivity index (χ4v) is 2.35. The SMILES string of the molecule is CC(C)(O)C#Cc1ccc(C(=O)NCCOc2cccc3cccnc23)o1. The van der Waals surface area contributed by atoms with E-state index < -0.39 is 5.60 Å². The van der Waals surface area contributed by atoms with Gasteiger partial charge in [0.25, 0.3) is 5.91 Å². The van der Waals surface area contributed by atoms with Gasteiger partial charge in [-0.15, -0.1) is 0 Å². The molecule has 138 valence electrons. The van der Waals surface area contributed by atoms with Gasteiger partial charge in [-0.3, -0.25) is 9.78 Å². The summed E-state index contributed by atoms with van der Waals surface area (Å²) in [6, 6.07) is 12.7. The maximum Gasteiger partial charge on any atom is 0.287 e. The van der Waals surface area contributed by atoms with Crippen LogP contribution < -0.4 is 10.1 Å². The summed E-state index contributed by atoms with van der Waals surface area (Å²) in [5.74, 6) is 6.11. The van der Waals surface area contributed by atoms with E-state index in [2.05, 4.69) is 22.1 Å². The van der Waals surface area contributed by atoms with E-state index in [1.807, 2.05) is 30.3 Å². The molecule has 0 fully saturated rings. The van der Waals surface area contributed by atoms with Gasteiger partial charge in [-0.05, 0) is 44.0 Å². The molecule has 6 heteroatoms. The summed E-state index contributed by atoms with van der Waals surface area (Å²) in [6.45, 7) is 3.75. The number of ether oxygens (including phenoxy) is 1. The van der Waals surface area contributed by atoms with Crippen molar-refractivity contribution in [2.24, 2.45) is 0 Å². The van der Waals surface area contributed by atoms with Gasteiger partial charge >= 0.3 is 0 Å². The highest BCUT2D eigenvalue weighted by atomic mass is 16.5. The number of fused-ring (bicyclic) bond motifs is 1. The van der Waals surface area contributed by atoms with Crippen molar-refractivity contribution in [3.8, 4) is 17.6 Å². The molecule has 0 bridgehead atoms. The van der Waals surface area contributed by atoms with Crippen molar-refractivity contribution in [1.82, 2.24) is 10.3 Å². The molecular formula is C21H20N2O4. The average Bonchev–Trinajstić information content (AvgIpc) is 3.12. The number of hydrogen-bond donors (Lipinski definition) is 2. The number of carbonyl (C=O) groups excluding carboxylic acids is 1. The number of carbonyl (C=O) groups is 1. The zero-order chi connectivity index (χ0) is 19.3. The summed E-state index contributed by atoms with van der Waals surface area (Å²) in [6.07, 6.45) is 1.71. The molecule has 3 aromatic rings. The van der Waals surface area contributed by atoms with Crippen LogP contribution in [-0.4, -0.2) is 34.8 Å². The van der Waals surface area contributed by atoms with Crippen LogP contribution in [0.2, 0.25) is 0 Å². The number of aromatic nitrogens is 1. The predicted molar refractivity (Wildman–Crippen MR) is 101 cm³/mol. The van der Waals surface area contributed by atoms with Gasteiger partial charge in [0.05, 0.1) is 6.54 Å². The zero-order valence-electron chi connectivity index (χ0n) is 15.2. The van der Waals surface area contributed by atoms with Crippen molar-refractivity contribution >= 4 is 16.8 Å². The topological polar surface area (TPSA) is 84.6 Å². The molecule has 27 heavy (non-hydrogen) atoms. The van der Waals surface area contributed by atoms with E-state index in [0.717, 1.165) is 10.9 Å². The molecule has 0 saturated carbocycles. The third-order valence-electron chi connectivity index (χ3n) is 3.56. The second-order valence-electron chi connectivity index (χ2n) is 6.41. The van der Waals surface area contributed by atoms with E-state index in [4.69, 9.17) is 9.15 Å². The number of amides is 1. The van der Waals surface area contributed by atoms with Crippen LogP contribution in [-0.2, 0) is 0 Å². The minimum Gasteiger partial charge on any atom is -0.489 e. The van der Waals surface area contributed by atoms with E-state index in [1.54, 1.807) is 32.2 Å². The molecule has 0 radical (unpaired) electrons. The summed E-state index contributed by atoms with van der Waals surface area (Å²) in [7, 11) is 0. The van der Waals surface area contributed by atoms with Crippen molar-refractivity contribution in [2.45, 2.75) is 19.4 Å². The number of nitrogens with one attached hydrogen (secondary N) is 1. The summed E-state index contributed by atoms with van der Waals surface area (Å²) < 4.78 is 11.1. The van der Waals surface area contributed by atoms with Gasteiger partial charge in [0.15, 0.2) is 11.5 Å². The Kier molecular flexibility index (Phi) is 5.43. The molecule has 6 nitrogen and oxygen atoms in total. The van der Waals surface area contributed by atoms with Gasteiger partial charge in [-0.1, -0.05) is 24.1 Å². The number of rotatable bonds is 5. The van der Waals surface area contributed by atoms with E-state index >= 15 is 0 Å². The molecule has 0 aliphatic carbocycles. The van der Waals surface area contributed by atoms with Crippen LogP contribution in [0.1, 0.15) is 30.2 Å². The van der Waals surface area contributed by atoms with Crippen molar-refractivity contribution in [3.63, 3.8) is 0 Å². The van der Waals surface area contributed by atoms with E-state index in [1.165, 1.54) is 0 Å². The van der Waals surface area contributed by atoms with Gasteiger partial charge in [-0.2, -0.15) is 0 Å². The van der Waals surface area contributed by atoms with Gasteiger partial charge in [0.1, 0.15) is 23.5 Å². The summed E-state index contributed by atoms with van der Waals surface area (Å²) in [5.41, 5.74) is -0.337. The number of nitrogens with zero attached hydrogens (tertiary/aromatic N) is 1. The Morgan fingerprint density at radius 3 is 2.89 bits per heavy atom. The van der Waals surface area contributed by atoms with Crippen LogP contribution >= 0.6 is 0 Å². The first-order chi connectivity index (χ1) is 12.9. The Bertz CT molecular complexity index is 1000. The second-order valence-corrected chi connectivity index (χ2v) is 6.41. The Morgan fingerprint density at radius 2 is 2.07 bits per heavy atom. The van der Waals surface area contributed by atoms with Crippen molar-refractivity contribution in [3.05, 3.63) is 60.2 Å². The lowest BCUT2D eigenvalue weighted by Crippen LogP contribution is -2.27. The largest absolute Gasteiger partial charge is 0.489 e. The normalized spacial score (nSPS) is 10.9. The maximum absolute atomic E-state index is 12.1. The number of para-hydroxylation sites is 1. The lowest BCUT2D eigenvalue weighted by atomic mass is 10.1. The molecule has 0 saturated heterocycles. The van der Waals surface area contributed by atoms with Crippen LogP contribution in [0.4, 0.5) is 0 Å². The first-order valence-corrected chi connectivity index (χ1v) is 8.52. The minimum absolute atomic E-state index is 0.155. The number of benzene rings is 1. The van der Waals surface area contributed by atoms with Crippen molar-refractivity contribution in [2.75, 3.05) is 13.2 Å². The number of hydrogen-bond acceptors (Lipinski definition) is 5. The molecular weight excluding hydrogens is 344 g/mol. The summed E-state index contributed by atoms with van der Waals surface area (Å²) in [5, 5.41) is 13.3. The lowest BCUT2D eigenvalue weighted by molar-refractivity contribution is 0.0919. The third-order valence-corrected chi connectivity index (χ3v) is 3.56.